The molecular formula is C13H14N2. The summed E-state index contributed by atoms with van der Waals surface area (Å²) in [5.74, 6) is 0.492. The van der Waals surface area contributed by atoms with Crippen molar-refractivity contribution in [2.75, 3.05) is 13.1 Å². The standard InChI is InChI=1S/C13H14N2/c1-2-6-12-10(4-1)8-13(15-12)11-5-3-7-14-9-11/h1-6,8,11,14-15H,7,9H2. The second-order valence-electron chi connectivity index (χ2n) is 4.00. The van der Waals surface area contributed by atoms with Crippen LogP contribution in [0.2, 0.25) is 0 Å². The number of rotatable bonds is 1. The van der Waals surface area contributed by atoms with E-state index in [2.05, 4.69) is 52.8 Å². The zero-order valence-corrected chi connectivity index (χ0v) is 8.53. The molecule has 0 radical (unpaired) electrons. The smallest absolute Gasteiger partial charge is 0.0456 e. The van der Waals surface area contributed by atoms with Gasteiger partial charge in [-0.15, -0.1) is 0 Å². The Labute approximate surface area is 89.0 Å². The largest absolute Gasteiger partial charge is 0.358 e. The fourth-order valence-corrected chi connectivity index (χ4v) is 2.13. The third-order valence-corrected chi connectivity index (χ3v) is 2.95. The number of aromatic amines is 1. The van der Waals surface area contributed by atoms with Crippen molar-refractivity contribution in [2.45, 2.75) is 5.92 Å². The minimum Gasteiger partial charge on any atom is -0.358 e. The Balaban J connectivity index is 2.03. The van der Waals surface area contributed by atoms with E-state index in [4.69, 9.17) is 0 Å². The average Bonchev–Trinajstić information content (AvgIpc) is 2.74. The molecule has 0 bridgehead atoms. The third kappa shape index (κ3) is 1.57. The Kier molecular flexibility index (Phi) is 2.07. The molecule has 1 unspecified atom stereocenters. The van der Waals surface area contributed by atoms with Gasteiger partial charge in [0, 0.05) is 30.2 Å². The lowest BCUT2D eigenvalue weighted by molar-refractivity contribution is 0.654. The van der Waals surface area contributed by atoms with Gasteiger partial charge in [-0.2, -0.15) is 0 Å². The first kappa shape index (κ1) is 8.74. The second kappa shape index (κ2) is 3.55. The van der Waals surface area contributed by atoms with Gasteiger partial charge in [0.15, 0.2) is 0 Å². The summed E-state index contributed by atoms with van der Waals surface area (Å²) in [7, 11) is 0. The molecule has 0 saturated heterocycles. The summed E-state index contributed by atoms with van der Waals surface area (Å²) in [4.78, 5) is 3.47. The van der Waals surface area contributed by atoms with E-state index in [1.54, 1.807) is 0 Å². The van der Waals surface area contributed by atoms with Gasteiger partial charge in [0.25, 0.3) is 0 Å². The number of para-hydroxylation sites is 1. The normalized spacial score (nSPS) is 20.9. The minimum atomic E-state index is 0.492. The molecule has 1 aromatic carbocycles. The molecule has 15 heavy (non-hydrogen) atoms. The van der Waals surface area contributed by atoms with E-state index in [0.29, 0.717) is 5.92 Å². The van der Waals surface area contributed by atoms with Crippen molar-refractivity contribution in [3.63, 3.8) is 0 Å². The van der Waals surface area contributed by atoms with E-state index in [0.717, 1.165) is 13.1 Å². The number of hydrogen-bond acceptors (Lipinski definition) is 1. The second-order valence-corrected chi connectivity index (χ2v) is 4.00. The first-order valence-electron chi connectivity index (χ1n) is 5.38. The van der Waals surface area contributed by atoms with Crippen molar-refractivity contribution in [1.82, 2.24) is 10.3 Å². The lowest BCUT2D eigenvalue weighted by Gasteiger charge is -2.15. The zero-order valence-electron chi connectivity index (χ0n) is 8.53. The Hall–Kier alpha value is -1.54. The molecule has 0 saturated carbocycles. The van der Waals surface area contributed by atoms with Gasteiger partial charge in [-0.05, 0) is 17.5 Å². The Morgan fingerprint density at radius 1 is 1.20 bits per heavy atom. The van der Waals surface area contributed by atoms with Crippen LogP contribution in [-0.4, -0.2) is 18.1 Å². The van der Waals surface area contributed by atoms with Gasteiger partial charge < -0.3 is 10.3 Å². The number of fused-ring (bicyclic) bond motifs is 1. The molecule has 2 N–H and O–H groups in total. The maximum Gasteiger partial charge on any atom is 0.0456 e. The van der Waals surface area contributed by atoms with Gasteiger partial charge in [-0.25, -0.2) is 0 Å². The van der Waals surface area contributed by atoms with E-state index in [9.17, 15) is 0 Å². The SMILES string of the molecule is C1=CC(c2cc3ccccc3[nH]2)CNC1. The van der Waals surface area contributed by atoms with Crippen molar-refractivity contribution in [1.29, 1.82) is 0 Å². The van der Waals surface area contributed by atoms with Crippen LogP contribution in [0, 0.1) is 0 Å². The van der Waals surface area contributed by atoms with Gasteiger partial charge in [-0.1, -0.05) is 30.4 Å². The molecule has 2 nitrogen and oxygen atoms in total. The molecule has 0 spiro atoms. The van der Waals surface area contributed by atoms with Crippen molar-refractivity contribution >= 4 is 10.9 Å². The molecule has 2 heteroatoms. The summed E-state index contributed by atoms with van der Waals surface area (Å²) < 4.78 is 0. The van der Waals surface area contributed by atoms with Crippen LogP contribution in [0.3, 0.4) is 0 Å². The average molecular weight is 198 g/mol. The van der Waals surface area contributed by atoms with Gasteiger partial charge in [0.1, 0.15) is 0 Å². The molecule has 0 amide bonds. The Bertz CT molecular complexity index is 463. The molecular weight excluding hydrogens is 184 g/mol. The summed E-state index contributed by atoms with van der Waals surface area (Å²) in [6, 6.07) is 10.7. The van der Waals surface area contributed by atoms with Gasteiger partial charge in [0.05, 0.1) is 0 Å². The molecule has 2 heterocycles. The fraction of sp³-hybridized carbons (Fsp3) is 0.231. The highest BCUT2D eigenvalue weighted by Gasteiger charge is 2.12. The molecule has 1 aromatic heterocycles. The van der Waals surface area contributed by atoms with E-state index in [1.807, 2.05) is 0 Å². The van der Waals surface area contributed by atoms with Crippen LogP contribution in [0.1, 0.15) is 11.6 Å². The van der Waals surface area contributed by atoms with Crippen LogP contribution in [0.25, 0.3) is 10.9 Å². The van der Waals surface area contributed by atoms with Crippen molar-refractivity contribution in [2.24, 2.45) is 0 Å². The van der Waals surface area contributed by atoms with Crippen molar-refractivity contribution in [3.05, 3.63) is 48.2 Å². The highest BCUT2D eigenvalue weighted by atomic mass is 14.9. The summed E-state index contributed by atoms with van der Waals surface area (Å²) in [5, 5.41) is 4.67. The highest BCUT2D eigenvalue weighted by Crippen LogP contribution is 2.22. The van der Waals surface area contributed by atoms with Crippen LogP contribution < -0.4 is 5.32 Å². The van der Waals surface area contributed by atoms with E-state index in [-0.39, 0.29) is 0 Å². The number of aromatic nitrogens is 1. The summed E-state index contributed by atoms with van der Waals surface area (Å²) in [6.07, 6.45) is 4.47. The molecule has 3 rings (SSSR count). The lowest BCUT2D eigenvalue weighted by atomic mass is 10.0. The van der Waals surface area contributed by atoms with Gasteiger partial charge in [0.2, 0.25) is 0 Å². The highest BCUT2D eigenvalue weighted by molar-refractivity contribution is 5.80. The van der Waals surface area contributed by atoms with Crippen LogP contribution in [-0.2, 0) is 0 Å². The first-order chi connectivity index (χ1) is 7.43. The predicted octanol–water partition coefficient (Wildman–Crippen LogP) is 2.41. The summed E-state index contributed by atoms with van der Waals surface area (Å²) in [6.45, 7) is 2.03. The van der Waals surface area contributed by atoms with E-state index in [1.165, 1.54) is 16.6 Å². The van der Waals surface area contributed by atoms with E-state index >= 15 is 0 Å². The molecule has 2 aromatic rings. The molecule has 1 aliphatic rings. The Morgan fingerprint density at radius 2 is 2.13 bits per heavy atom. The summed E-state index contributed by atoms with van der Waals surface area (Å²) >= 11 is 0. The lowest BCUT2D eigenvalue weighted by Crippen LogP contribution is -2.24. The number of H-pyrrole nitrogens is 1. The molecule has 1 aliphatic heterocycles. The summed E-state index contributed by atoms with van der Waals surface area (Å²) in [5.41, 5.74) is 2.53. The Morgan fingerprint density at radius 3 is 2.93 bits per heavy atom. The molecule has 0 fully saturated rings. The van der Waals surface area contributed by atoms with E-state index < -0.39 is 0 Å². The molecule has 0 aliphatic carbocycles. The van der Waals surface area contributed by atoms with Gasteiger partial charge in [-0.3, -0.25) is 0 Å². The third-order valence-electron chi connectivity index (χ3n) is 2.95. The topological polar surface area (TPSA) is 27.8 Å². The monoisotopic (exact) mass is 198 g/mol. The quantitative estimate of drug-likeness (QED) is 0.677. The molecule has 1 atom stereocenters. The molecule has 76 valence electrons. The van der Waals surface area contributed by atoms with Crippen LogP contribution in [0.15, 0.2) is 42.5 Å². The first-order valence-corrected chi connectivity index (χ1v) is 5.38. The maximum absolute atomic E-state index is 3.47. The number of benzene rings is 1. The van der Waals surface area contributed by atoms with Crippen molar-refractivity contribution < 1.29 is 0 Å². The van der Waals surface area contributed by atoms with Gasteiger partial charge >= 0.3 is 0 Å². The zero-order chi connectivity index (χ0) is 10.1. The number of hydrogen-bond donors (Lipinski definition) is 2. The van der Waals surface area contributed by atoms with Crippen molar-refractivity contribution in [3.8, 4) is 0 Å². The predicted molar refractivity (Wildman–Crippen MR) is 63.0 cm³/mol. The number of nitrogens with one attached hydrogen (secondary N) is 2. The van der Waals surface area contributed by atoms with Crippen LogP contribution >= 0.6 is 0 Å². The van der Waals surface area contributed by atoms with Crippen LogP contribution in [0.5, 0.6) is 0 Å². The maximum atomic E-state index is 3.47. The fourth-order valence-electron chi connectivity index (χ4n) is 2.13. The minimum absolute atomic E-state index is 0.492. The van der Waals surface area contributed by atoms with Crippen LogP contribution in [0.4, 0.5) is 0 Å².